The maximum Gasteiger partial charge on any atom is 0.346 e. The zero-order valence-electron chi connectivity index (χ0n) is 13.1. The van der Waals surface area contributed by atoms with E-state index in [0.717, 1.165) is 12.8 Å². The highest BCUT2D eigenvalue weighted by Crippen LogP contribution is 2.33. The lowest BCUT2D eigenvalue weighted by molar-refractivity contribution is -0.393. The van der Waals surface area contributed by atoms with Gasteiger partial charge in [-0.25, -0.2) is 9.55 Å². The zero-order chi connectivity index (χ0) is 16.2. The predicted octanol–water partition coefficient (Wildman–Crippen LogP) is 2.17. The molecule has 3 atom stereocenters. The van der Waals surface area contributed by atoms with Crippen LogP contribution in [-0.2, 0) is 6.54 Å². The quantitative estimate of drug-likeness (QED) is 0.566. The number of rotatable bonds is 8. The van der Waals surface area contributed by atoms with E-state index in [-0.39, 0.29) is 24.2 Å². The predicted molar refractivity (Wildman–Crippen MR) is 79.4 cm³/mol. The summed E-state index contributed by atoms with van der Waals surface area (Å²) in [5, 5.41) is 30.2. The fourth-order valence-corrected chi connectivity index (χ4v) is 2.20. The maximum absolute atomic E-state index is 11.5. The van der Waals surface area contributed by atoms with Crippen molar-refractivity contribution < 1.29 is 15.1 Å². The fourth-order valence-electron chi connectivity index (χ4n) is 2.20. The third-order valence-corrected chi connectivity index (χ3v) is 3.91. The largest absolute Gasteiger partial charge is 0.394 e. The number of nitrogens with zero attached hydrogens (tertiary/aromatic N) is 3. The Morgan fingerprint density at radius 3 is 2.29 bits per heavy atom. The third-order valence-electron chi connectivity index (χ3n) is 3.91. The molecule has 7 heteroatoms. The molecule has 21 heavy (non-hydrogen) atoms. The summed E-state index contributed by atoms with van der Waals surface area (Å²) in [5.41, 5.74) is 0.461. The maximum atomic E-state index is 11.5. The van der Waals surface area contributed by atoms with Gasteiger partial charge < -0.3 is 20.3 Å². The molecule has 0 aromatic carbocycles. The van der Waals surface area contributed by atoms with E-state index < -0.39 is 17.6 Å². The number of hydrogen-bond acceptors (Lipinski definition) is 5. The van der Waals surface area contributed by atoms with Crippen molar-refractivity contribution in [2.24, 2.45) is 0 Å². The second-order valence-electron chi connectivity index (χ2n) is 5.50. The van der Waals surface area contributed by atoms with E-state index in [2.05, 4.69) is 4.98 Å². The van der Waals surface area contributed by atoms with Gasteiger partial charge in [0.1, 0.15) is 18.3 Å². The Balaban J connectivity index is 3.45. The van der Waals surface area contributed by atoms with Crippen LogP contribution in [0.25, 0.3) is 0 Å². The SMILES string of the molecule is CCC(C)c1nc(C(C)CC)n(CC(O)CO)c1[N+](=O)[O-]. The lowest BCUT2D eigenvalue weighted by atomic mass is 10.1. The molecule has 1 heterocycles. The van der Waals surface area contributed by atoms with Gasteiger partial charge in [-0.1, -0.05) is 27.7 Å². The number of aromatic nitrogens is 2. The molecule has 0 fully saturated rings. The van der Waals surface area contributed by atoms with E-state index in [0.29, 0.717) is 11.5 Å². The first-order valence-electron chi connectivity index (χ1n) is 7.40. The van der Waals surface area contributed by atoms with Crippen molar-refractivity contribution in [2.45, 2.75) is 65.0 Å². The van der Waals surface area contributed by atoms with E-state index in [4.69, 9.17) is 5.11 Å². The Bertz CT molecular complexity index is 487. The molecule has 0 saturated heterocycles. The van der Waals surface area contributed by atoms with Crippen molar-refractivity contribution >= 4 is 5.82 Å². The molecule has 2 N–H and O–H groups in total. The number of aliphatic hydroxyl groups excluding tert-OH is 2. The van der Waals surface area contributed by atoms with Crippen molar-refractivity contribution in [3.05, 3.63) is 21.6 Å². The van der Waals surface area contributed by atoms with Crippen LogP contribution in [-0.4, -0.2) is 37.4 Å². The van der Waals surface area contributed by atoms with Crippen LogP contribution in [0.4, 0.5) is 5.82 Å². The Morgan fingerprint density at radius 2 is 1.86 bits per heavy atom. The molecule has 0 radical (unpaired) electrons. The van der Waals surface area contributed by atoms with Crippen LogP contribution in [0, 0.1) is 10.1 Å². The number of nitro groups is 1. The minimum Gasteiger partial charge on any atom is -0.394 e. The summed E-state index contributed by atoms with van der Waals surface area (Å²) in [6.07, 6.45) is 0.509. The van der Waals surface area contributed by atoms with Crippen molar-refractivity contribution in [3.63, 3.8) is 0 Å². The monoisotopic (exact) mass is 299 g/mol. The first-order valence-corrected chi connectivity index (χ1v) is 7.40. The van der Waals surface area contributed by atoms with Gasteiger partial charge >= 0.3 is 5.82 Å². The van der Waals surface area contributed by atoms with Crippen molar-refractivity contribution in [3.8, 4) is 0 Å². The summed E-state index contributed by atoms with van der Waals surface area (Å²) in [4.78, 5) is 15.5. The first kappa shape index (κ1) is 17.6. The standard InChI is InChI=1S/C14H25N3O4/c1-5-9(3)12-14(17(20)21)16(7-11(19)8-18)13(15-12)10(4)6-2/h9-11,18-19H,5-8H2,1-4H3. The summed E-state index contributed by atoms with van der Waals surface area (Å²) in [5.74, 6) is 0.562. The van der Waals surface area contributed by atoms with Gasteiger partial charge in [-0.3, -0.25) is 0 Å². The van der Waals surface area contributed by atoms with Crippen LogP contribution in [0.1, 0.15) is 63.9 Å². The van der Waals surface area contributed by atoms with E-state index >= 15 is 0 Å². The number of imidazole rings is 1. The van der Waals surface area contributed by atoms with Gasteiger partial charge in [-0.15, -0.1) is 0 Å². The molecule has 0 amide bonds. The Labute approximate surface area is 124 Å². The van der Waals surface area contributed by atoms with Gasteiger partial charge in [0.05, 0.1) is 6.61 Å². The van der Waals surface area contributed by atoms with Crippen LogP contribution in [0.2, 0.25) is 0 Å². The van der Waals surface area contributed by atoms with Gasteiger partial charge in [0, 0.05) is 11.8 Å². The highest BCUT2D eigenvalue weighted by atomic mass is 16.6. The van der Waals surface area contributed by atoms with Crippen LogP contribution in [0.5, 0.6) is 0 Å². The molecule has 3 unspecified atom stereocenters. The second-order valence-corrected chi connectivity index (χ2v) is 5.50. The lowest BCUT2D eigenvalue weighted by Crippen LogP contribution is -2.23. The van der Waals surface area contributed by atoms with Crippen molar-refractivity contribution in [1.82, 2.24) is 9.55 Å². The Morgan fingerprint density at radius 1 is 1.29 bits per heavy atom. The second kappa shape index (κ2) is 7.51. The summed E-state index contributed by atoms with van der Waals surface area (Å²) < 4.78 is 1.45. The van der Waals surface area contributed by atoms with Gasteiger partial charge in [-0.2, -0.15) is 0 Å². The molecule has 120 valence electrons. The van der Waals surface area contributed by atoms with Crippen LogP contribution < -0.4 is 0 Å². The van der Waals surface area contributed by atoms with Gasteiger partial charge in [0.2, 0.25) is 0 Å². The Hall–Kier alpha value is -1.47. The molecule has 1 rings (SSSR count). The van der Waals surface area contributed by atoms with Gasteiger partial charge in [0.25, 0.3) is 0 Å². The molecule has 1 aromatic rings. The van der Waals surface area contributed by atoms with E-state index in [1.54, 1.807) is 0 Å². The average molecular weight is 299 g/mol. The molecular weight excluding hydrogens is 274 g/mol. The first-order chi connectivity index (χ1) is 9.87. The molecule has 7 nitrogen and oxygen atoms in total. The van der Waals surface area contributed by atoms with Crippen molar-refractivity contribution in [1.29, 1.82) is 0 Å². The highest BCUT2D eigenvalue weighted by Gasteiger charge is 2.32. The number of hydrogen-bond donors (Lipinski definition) is 2. The fraction of sp³-hybridized carbons (Fsp3) is 0.786. The summed E-state index contributed by atoms with van der Waals surface area (Å²) in [7, 11) is 0. The topological polar surface area (TPSA) is 101 Å². The minimum absolute atomic E-state index is 0.0179. The molecule has 0 aliphatic carbocycles. The van der Waals surface area contributed by atoms with Crippen LogP contribution >= 0.6 is 0 Å². The van der Waals surface area contributed by atoms with Gasteiger partial charge in [0.15, 0.2) is 5.82 Å². The summed E-state index contributed by atoms with van der Waals surface area (Å²) in [6, 6.07) is 0. The third kappa shape index (κ3) is 3.79. The molecular formula is C14H25N3O4. The Kier molecular flexibility index (Phi) is 6.29. The number of aliphatic hydroxyl groups is 2. The van der Waals surface area contributed by atoms with Crippen molar-refractivity contribution in [2.75, 3.05) is 6.61 Å². The smallest absolute Gasteiger partial charge is 0.346 e. The molecule has 0 aliphatic rings. The average Bonchev–Trinajstić information content (AvgIpc) is 2.84. The van der Waals surface area contributed by atoms with E-state index in [1.807, 2.05) is 27.7 Å². The zero-order valence-corrected chi connectivity index (χ0v) is 13.1. The lowest BCUT2D eigenvalue weighted by Gasteiger charge is -2.11. The molecule has 1 aromatic heterocycles. The highest BCUT2D eigenvalue weighted by molar-refractivity contribution is 5.34. The van der Waals surface area contributed by atoms with E-state index in [9.17, 15) is 15.2 Å². The van der Waals surface area contributed by atoms with Crippen LogP contribution in [0.3, 0.4) is 0 Å². The molecule has 0 spiro atoms. The minimum atomic E-state index is -1.04. The molecule has 0 bridgehead atoms. The van der Waals surface area contributed by atoms with E-state index in [1.165, 1.54) is 4.57 Å². The summed E-state index contributed by atoms with van der Waals surface area (Å²) in [6.45, 7) is 7.35. The summed E-state index contributed by atoms with van der Waals surface area (Å²) >= 11 is 0. The molecule has 0 aliphatic heterocycles. The molecule has 0 saturated carbocycles. The van der Waals surface area contributed by atoms with Crippen LogP contribution in [0.15, 0.2) is 0 Å². The normalized spacial score (nSPS) is 15.7. The van der Waals surface area contributed by atoms with Gasteiger partial charge in [-0.05, 0) is 17.8 Å².